The van der Waals surface area contributed by atoms with Gasteiger partial charge in [0.1, 0.15) is 0 Å². The number of allylic oxidation sites excluding steroid dienone is 3. The van der Waals surface area contributed by atoms with E-state index >= 15 is 0 Å². The van der Waals surface area contributed by atoms with Crippen molar-refractivity contribution < 1.29 is 0 Å². The zero-order valence-electron chi connectivity index (χ0n) is 9.96. The van der Waals surface area contributed by atoms with Crippen molar-refractivity contribution in [1.29, 1.82) is 0 Å². The number of hydrogen-bond acceptors (Lipinski definition) is 1. The van der Waals surface area contributed by atoms with Crippen LogP contribution in [0.15, 0.2) is 28.9 Å². The van der Waals surface area contributed by atoms with Gasteiger partial charge in [0.15, 0.2) is 0 Å². The van der Waals surface area contributed by atoms with Crippen molar-refractivity contribution in [1.82, 2.24) is 0 Å². The summed E-state index contributed by atoms with van der Waals surface area (Å²) < 4.78 is 0. The Hall–Kier alpha value is -0.850. The molecule has 0 radical (unpaired) electrons. The highest BCUT2D eigenvalue weighted by molar-refractivity contribution is 5.73. The Morgan fingerprint density at radius 2 is 1.79 bits per heavy atom. The molecule has 1 heteroatoms. The summed E-state index contributed by atoms with van der Waals surface area (Å²) in [5, 5.41) is 0. The van der Waals surface area contributed by atoms with Crippen LogP contribution in [0.3, 0.4) is 0 Å². The van der Waals surface area contributed by atoms with E-state index in [-0.39, 0.29) is 10.8 Å². The van der Waals surface area contributed by atoms with Crippen LogP contribution in [0.5, 0.6) is 0 Å². The maximum absolute atomic E-state index is 4.13. The summed E-state index contributed by atoms with van der Waals surface area (Å²) in [6, 6.07) is 0. The van der Waals surface area contributed by atoms with Crippen LogP contribution in [0.2, 0.25) is 0 Å². The highest BCUT2D eigenvalue weighted by Gasteiger charge is 2.35. The molecule has 1 aliphatic heterocycles. The lowest BCUT2D eigenvalue weighted by Crippen LogP contribution is -2.31. The van der Waals surface area contributed by atoms with Crippen LogP contribution in [0.25, 0.3) is 0 Å². The largest absolute Gasteiger partial charge is 0.265 e. The lowest BCUT2D eigenvalue weighted by atomic mass is 9.64. The molecule has 14 heavy (non-hydrogen) atoms. The molecule has 1 nitrogen and oxygen atoms in total. The third-order valence-electron chi connectivity index (χ3n) is 3.57. The monoisotopic (exact) mass is 191 g/mol. The van der Waals surface area contributed by atoms with Crippen LogP contribution in [0.4, 0.5) is 0 Å². The van der Waals surface area contributed by atoms with E-state index in [9.17, 15) is 0 Å². The van der Waals surface area contributed by atoms with E-state index in [0.717, 1.165) is 6.42 Å². The van der Waals surface area contributed by atoms with Gasteiger partial charge in [0.05, 0.1) is 0 Å². The number of nitrogens with zero attached hydrogens (tertiary/aromatic N) is 1. The smallest absolute Gasteiger partial charge is 0.0267 e. The molecular weight excluding hydrogens is 170 g/mol. The average molecular weight is 191 g/mol. The topological polar surface area (TPSA) is 12.4 Å². The van der Waals surface area contributed by atoms with Crippen molar-refractivity contribution in [2.75, 3.05) is 0 Å². The van der Waals surface area contributed by atoms with Crippen LogP contribution in [0.1, 0.15) is 41.0 Å². The van der Waals surface area contributed by atoms with Crippen LogP contribution >= 0.6 is 0 Å². The zero-order valence-corrected chi connectivity index (χ0v) is 9.96. The molecule has 0 fully saturated rings. The molecule has 1 rings (SSSR count). The quantitative estimate of drug-likeness (QED) is 0.594. The minimum absolute atomic E-state index is 0.216. The number of hydrogen-bond donors (Lipinski definition) is 0. The van der Waals surface area contributed by atoms with Gasteiger partial charge in [0.25, 0.3) is 0 Å². The van der Waals surface area contributed by atoms with Crippen LogP contribution in [0, 0.1) is 10.8 Å². The summed E-state index contributed by atoms with van der Waals surface area (Å²) in [6.45, 7) is 11.5. The Bertz CT molecular complexity index is 285. The first-order chi connectivity index (χ1) is 6.36. The molecule has 1 aliphatic rings. The fourth-order valence-corrected chi connectivity index (χ4v) is 1.44. The van der Waals surface area contributed by atoms with E-state index in [4.69, 9.17) is 0 Å². The van der Waals surface area contributed by atoms with Crippen LogP contribution < -0.4 is 0 Å². The average Bonchev–Trinajstić information content (AvgIpc) is 2.29. The lowest BCUT2D eigenvalue weighted by Gasteiger charge is -2.40. The first kappa shape index (κ1) is 11.2. The van der Waals surface area contributed by atoms with Gasteiger partial charge in [-0.1, -0.05) is 46.3 Å². The van der Waals surface area contributed by atoms with Crippen molar-refractivity contribution in [3.8, 4) is 0 Å². The maximum Gasteiger partial charge on any atom is 0.0267 e. The van der Waals surface area contributed by atoms with Gasteiger partial charge in [0.2, 0.25) is 0 Å². The van der Waals surface area contributed by atoms with Gasteiger partial charge in [-0.05, 0) is 23.3 Å². The summed E-state index contributed by atoms with van der Waals surface area (Å²) >= 11 is 0. The molecule has 0 atom stereocenters. The Labute approximate surface area is 87.6 Å². The molecule has 0 saturated heterocycles. The van der Waals surface area contributed by atoms with Gasteiger partial charge >= 0.3 is 0 Å². The Morgan fingerprint density at radius 1 is 1.14 bits per heavy atom. The molecule has 0 aromatic carbocycles. The standard InChI is InChI=1S/C13H21N/c1-12(2,3)13(4,5)11-7-6-9-14-10-8-11/h6,8-10H,7H2,1-5H3. The second kappa shape index (κ2) is 3.72. The molecule has 0 bridgehead atoms. The summed E-state index contributed by atoms with van der Waals surface area (Å²) in [6.07, 6.45) is 9.08. The van der Waals surface area contributed by atoms with Gasteiger partial charge in [0, 0.05) is 12.4 Å². The van der Waals surface area contributed by atoms with Gasteiger partial charge in [-0.3, -0.25) is 4.99 Å². The summed E-state index contributed by atoms with van der Waals surface area (Å²) in [4.78, 5) is 4.13. The molecule has 0 aromatic heterocycles. The predicted molar refractivity (Wildman–Crippen MR) is 63.6 cm³/mol. The van der Waals surface area contributed by atoms with E-state index in [1.807, 2.05) is 12.4 Å². The SMILES string of the molecule is CC(C)(C)C(C)(C)C1=CC=NC=CC1. The minimum Gasteiger partial charge on any atom is -0.265 e. The molecule has 0 aromatic rings. The van der Waals surface area contributed by atoms with E-state index < -0.39 is 0 Å². The molecule has 0 spiro atoms. The Morgan fingerprint density at radius 3 is 2.36 bits per heavy atom. The molecule has 78 valence electrons. The van der Waals surface area contributed by atoms with E-state index in [0.29, 0.717) is 0 Å². The highest BCUT2D eigenvalue weighted by Crippen LogP contribution is 2.45. The Balaban J connectivity index is 2.98. The fraction of sp³-hybridized carbons (Fsp3) is 0.615. The zero-order chi connectivity index (χ0) is 10.8. The molecule has 1 heterocycles. The number of aliphatic imine (C=N–C) groups is 1. The third kappa shape index (κ3) is 2.14. The van der Waals surface area contributed by atoms with Crippen molar-refractivity contribution in [2.24, 2.45) is 15.8 Å². The van der Waals surface area contributed by atoms with Gasteiger partial charge in [-0.25, -0.2) is 0 Å². The van der Waals surface area contributed by atoms with Crippen LogP contribution in [-0.4, -0.2) is 6.21 Å². The molecule has 0 amide bonds. The van der Waals surface area contributed by atoms with Crippen molar-refractivity contribution in [2.45, 2.75) is 41.0 Å². The van der Waals surface area contributed by atoms with Crippen molar-refractivity contribution in [3.63, 3.8) is 0 Å². The molecule has 0 saturated carbocycles. The normalized spacial score (nSPS) is 17.9. The van der Waals surface area contributed by atoms with Crippen molar-refractivity contribution in [3.05, 3.63) is 23.9 Å². The highest BCUT2D eigenvalue weighted by atomic mass is 14.7. The van der Waals surface area contributed by atoms with E-state index in [2.05, 4.69) is 51.8 Å². The lowest BCUT2D eigenvalue weighted by molar-refractivity contribution is 0.175. The number of rotatable bonds is 1. The van der Waals surface area contributed by atoms with Gasteiger partial charge in [-0.2, -0.15) is 0 Å². The third-order valence-corrected chi connectivity index (χ3v) is 3.57. The minimum atomic E-state index is 0.216. The second-order valence-corrected chi connectivity index (χ2v) is 5.45. The summed E-state index contributed by atoms with van der Waals surface area (Å²) in [5.41, 5.74) is 1.96. The maximum atomic E-state index is 4.13. The van der Waals surface area contributed by atoms with Crippen molar-refractivity contribution >= 4 is 6.21 Å². The van der Waals surface area contributed by atoms with E-state index in [1.54, 1.807) is 0 Å². The summed E-state index contributed by atoms with van der Waals surface area (Å²) in [7, 11) is 0. The molecular formula is C13H21N. The first-order valence-corrected chi connectivity index (χ1v) is 5.23. The predicted octanol–water partition coefficient (Wildman–Crippen LogP) is 3.97. The Kier molecular flexibility index (Phi) is 2.98. The van der Waals surface area contributed by atoms with Crippen LogP contribution in [-0.2, 0) is 0 Å². The fourth-order valence-electron chi connectivity index (χ4n) is 1.44. The molecule has 0 unspecified atom stereocenters. The second-order valence-electron chi connectivity index (χ2n) is 5.45. The van der Waals surface area contributed by atoms with Gasteiger partial charge < -0.3 is 0 Å². The first-order valence-electron chi connectivity index (χ1n) is 5.23. The molecule has 0 aliphatic carbocycles. The van der Waals surface area contributed by atoms with E-state index in [1.165, 1.54) is 5.57 Å². The summed E-state index contributed by atoms with van der Waals surface area (Å²) in [5.74, 6) is 0. The molecule has 0 N–H and O–H groups in total. The van der Waals surface area contributed by atoms with Gasteiger partial charge in [-0.15, -0.1) is 0 Å².